The highest BCUT2D eigenvalue weighted by molar-refractivity contribution is 6.05. The van der Waals surface area contributed by atoms with Crippen molar-refractivity contribution >= 4 is 34.6 Å². The Balaban J connectivity index is 1.67. The predicted molar refractivity (Wildman–Crippen MR) is 115 cm³/mol. The third-order valence-corrected chi connectivity index (χ3v) is 4.89. The van der Waals surface area contributed by atoms with Gasteiger partial charge in [-0.15, -0.1) is 4.91 Å². The molecule has 148 valence electrons. The quantitative estimate of drug-likeness (QED) is 0.355. The predicted octanol–water partition coefficient (Wildman–Crippen LogP) is 4.86. The second kappa shape index (κ2) is 8.48. The lowest BCUT2D eigenvalue weighted by Crippen LogP contribution is -2.12. The zero-order valence-corrected chi connectivity index (χ0v) is 15.9. The number of hydrogen-bond acceptors (Lipinski definition) is 5. The van der Waals surface area contributed by atoms with Gasteiger partial charge in [0.15, 0.2) is 0 Å². The number of fused-ring (bicyclic) bond motifs is 1. The maximum atomic E-state index is 12.6. The van der Waals surface area contributed by atoms with Crippen molar-refractivity contribution in [2.45, 2.75) is 12.5 Å². The third-order valence-electron chi connectivity index (χ3n) is 4.89. The summed E-state index contributed by atoms with van der Waals surface area (Å²) in [6.07, 6.45) is 2.90. The number of anilines is 1. The first-order chi connectivity index (χ1) is 14.7. The zero-order chi connectivity index (χ0) is 20.9. The number of imidazole rings is 1. The minimum Gasteiger partial charge on any atom is -0.322 e. The fourth-order valence-electron chi connectivity index (χ4n) is 3.44. The number of carbonyl (C=O) groups is 2. The molecule has 0 saturated carbocycles. The highest BCUT2D eigenvalue weighted by Gasteiger charge is 2.17. The molecule has 0 aliphatic rings. The van der Waals surface area contributed by atoms with Gasteiger partial charge in [-0.1, -0.05) is 36.4 Å². The number of rotatable bonds is 7. The number of nitrogens with one attached hydrogen (secondary N) is 1. The van der Waals surface area contributed by atoms with Crippen molar-refractivity contribution in [3.05, 3.63) is 95.2 Å². The highest BCUT2D eigenvalue weighted by atomic mass is 16.3. The Morgan fingerprint density at radius 1 is 1.07 bits per heavy atom. The number of benzene rings is 3. The van der Waals surface area contributed by atoms with Gasteiger partial charge in [-0.25, -0.2) is 4.98 Å². The molecule has 0 aliphatic heterocycles. The molecule has 30 heavy (non-hydrogen) atoms. The van der Waals surface area contributed by atoms with E-state index in [-0.39, 0.29) is 17.6 Å². The Morgan fingerprint density at radius 3 is 2.67 bits per heavy atom. The van der Waals surface area contributed by atoms with Gasteiger partial charge in [-0.2, -0.15) is 0 Å². The largest absolute Gasteiger partial charge is 0.322 e. The molecule has 1 unspecified atom stereocenters. The van der Waals surface area contributed by atoms with Crippen molar-refractivity contribution < 1.29 is 9.59 Å². The second-order valence-corrected chi connectivity index (χ2v) is 6.78. The van der Waals surface area contributed by atoms with Crippen LogP contribution in [0.15, 0.2) is 84.3 Å². The number of nitrogens with zero attached hydrogens (tertiary/aromatic N) is 3. The normalized spacial score (nSPS) is 11.7. The lowest BCUT2D eigenvalue weighted by molar-refractivity contribution is -0.108. The summed E-state index contributed by atoms with van der Waals surface area (Å²) in [6, 6.07) is 21.1. The van der Waals surface area contributed by atoms with E-state index in [9.17, 15) is 14.5 Å². The van der Waals surface area contributed by atoms with E-state index in [0.29, 0.717) is 17.7 Å². The van der Waals surface area contributed by atoms with E-state index < -0.39 is 0 Å². The summed E-state index contributed by atoms with van der Waals surface area (Å²) in [5.74, 6) is -0.349. The maximum Gasteiger partial charge on any atom is 0.255 e. The zero-order valence-electron chi connectivity index (χ0n) is 15.9. The van der Waals surface area contributed by atoms with Gasteiger partial charge in [-0.3, -0.25) is 4.79 Å². The van der Waals surface area contributed by atoms with Crippen LogP contribution in [0.25, 0.3) is 11.0 Å². The molecule has 0 aliphatic carbocycles. The second-order valence-electron chi connectivity index (χ2n) is 6.78. The average molecular weight is 398 g/mol. The Kier molecular flexibility index (Phi) is 5.43. The molecule has 1 amide bonds. The van der Waals surface area contributed by atoms with E-state index in [0.717, 1.165) is 22.9 Å². The molecule has 0 fully saturated rings. The van der Waals surface area contributed by atoms with Crippen molar-refractivity contribution in [3.63, 3.8) is 0 Å². The van der Waals surface area contributed by atoms with Crippen LogP contribution in [0.3, 0.4) is 0 Å². The van der Waals surface area contributed by atoms with Crippen LogP contribution in [0.5, 0.6) is 0 Å². The SMILES string of the molecule is O=CCC(c1ccccc1)n1cnc2ccc(NC(=O)c3cccc(N=O)c3)cc21. The maximum absolute atomic E-state index is 12.6. The van der Waals surface area contributed by atoms with Crippen LogP contribution in [0, 0.1) is 4.91 Å². The number of amides is 1. The minimum absolute atomic E-state index is 0.191. The molecule has 0 saturated heterocycles. The van der Waals surface area contributed by atoms with Crippen molar-refractivity contribution in [3.8, 4) is 0 Å². The summed E-state index contributed by atoms with van der Waals surface area (Å²) in [7, 11) is 0. The third kappa shape index (κ3) is 3.86. The number of nitroso groups, excluding NO2 is 1. The van der Waals surface area contributed by atoms with Gasteiger partial charge in [0.2, 0.25) is 0 Å². The summed E-state index contributed by atoms with van der Waals surface area (Å²) in [6.45, 7) is 0. The van der Waals surface area contributed by atoms with Crippen molar-refractivity contribution in [1.29, 1.82) is 0 Å². The fourth-order valence-corrected chi connectivity index (χ4v) is 3.44. The summed E-state index contributed by atoms with van der Waals surface area (Å²) < 4.78 is 1.94. The summed E-state index contributed by atoms with van der Waals surface area (Å²) in [5, 5.41) is 5.70. The van der Waals surface area contributed by atoms with Gasteiger partial charge in [0, 0.05) is 17.7 Å². The van der Waals surface area contributed by atoms with Gasteiger partial charge in [0.25, 0.3) is 5.91 Å². The smallest absolute Gasteiger partial charge is 0.255 e. The van der Waals surface area contributed by atoms with Gasteiger partial charge >= 0.3 is 0 Å². The molecular formula is C23H18N4O3. The van der Waals surface area contributed by atoms with E-state index in [1.54, 1.807) is 24.5 Å². The topological polar surface area (TPSA) is 93.4 Å². The molecule has 0 bridgehead atoms. The van der Waals surface area contributed by atoms with Gasteiger partial charge in [0.05, 0.1) is 23.4 Å². The molecule has 1 atom stereocenters. The lowest BCUT2D eigenvalue weighted by atomic mass is 10.0. The van der Waals surface area contributed by atoms with Crippen LogP contribution in [0.4, 0.5) is 11.4 Å². The molecular weight excluding hydrogens is 380 g/mol. The fraction of sp³-hybridized carbons (Fsp3) is 0.0870. The van der Waals surface area contributed by atoms with Gasteiger partial charge in [-0.05, 0) is 47.1 Å². The van der Waals surface area contributed by atoms with Gasteiger partial charge in [0.1, 0.15) is 12.0 Å². The van der Waals surface area contributed by atoms with E-state index in [2.05, 4.69) is 15.5 Å². The molecule has 0 radical (unpaired) electrons. The molecule has 7 heteroatoms. The van der Waals surface area contributed by atoms with Crippen LogP contribution >= 0.6 is 0 Å². The van der Waals surface area contributed by atoms with Crippen LogP contribution < -0.4 is 5.32 Å². The summed E-state index contributed by atoms with van der Waals surface area (Å²) >= 11 is 0. The molecule has 7 nitrogen and oxygen atoms in total. The number of hydrogen-bond donors (Lipinski definition) is 1. The molecule has 1 heterocycles. The Labute approximate surface area is 172 Å². The standard InChI is InChI=1S/C23H18N4O3/c28-12-11-21(16-5-2-1-3-6-16)27-15-24-20-10-9-18(14-22(20)27)25-23(29)17-7-4-8-19(13-17)26-30/h1-10,12-15,21H,11H2,(H,25,29). The van der Waals surface area contributed by atoms with Gasteiger partial charge < -0.3 is 14.7 Å². The molecule has 4 aromatic rings. The molecule has 3 aromatic carbocycles. The van der Waals surface area contributed by atoms with Crippen molar-refractivity contribution in [2.24, 2.45) is 5.18 Å². The van der Waals surface area contributed by atoms with Crippen LogP contribution in [-0.4, -0.2) is 21.7 Å². The monoisotopic (exact) mass is 398 g/mol. The molecule has 1 aromatic heterocycles. The van der Waals surface area contributed by atoms with Crippen LogP contribution in [0.2, 0.25) is 0 Å². The summed E-state index contributed by atoms with van der Waals surface area (Å²) in [4.78, 5) is 39.0. The lowest BCUT2D eigenvalue weighted by Gasteiger charge is -2.18. The van der Waals surface area contributed by atoms with E-state index >= 15 is 0 Å². The van der Waals surface area contributed by atoms with Crippen molar-refractivity contribution in [2.75, 3.05) is 5.32 Å². The van der Waals surface area contributed by atoms with E-state index in [1.807, 2.05) is 47.0 Å². The van der Waals surface area contributed by atoms with Crippen LogP contribution in [-0.2, 0) is 4.79 Å². The highest BCUT2D eigenvalue weighted by Crippen LogP contribution is 2.28. The first kappa shape index (κ1) is 19.2. The molecule has 4 rings (SSSR count). The number of aldehydes is 1. The first-order valence-electron chi connectivity index (χ1n) is 9.39. The van der Waals surface area contributed by atoms with E-state index in [4.69, 9.17) is 0 Å². The first-order valence-corrected chi connectivity index (χ1v) is 9.39. The van der Waals surface area contributed by atoms with Crippen molar-refractivity contribution in [1.82, 2.24) is 9.55 Å². The Hall–Kier alpha value is -4.13. The van der Waals surface area contributed by atoms with E-state index in [1.165, 1.54) is 12.1 Å². The minimum atomic E-state index is -0.349. The molecule has 1 N–H and O–H groups in total. The summed E-state index contributed by atoms with van der Waals surface area (Å²) in [5.41, 5.74) is 3.66. The Morgan fingerprint density at radius 2 is 1.90 bits per heavy atom. The van der Waals surface area contributed by atoms with Crippen LogP contribution in [0.1, 0.15) is 28.4 Å². The average Bonchev–Trinajstić information content (AvgIpc) is 3.21. The number of aromatic nitrogens is 2. The Bertz CT molecular complexity index is 1220. The number of carbonyl (C=O) groups excluding carboxylic acids is 2. The molecule has 0 spiro atoms.